The predicted molar refractivity (Wildman–Crippen MR) is 60.9 cm³/mol. The highest BCUT2D eigenvalue weighted by molar-refractivity contribution is 5.86. The van der Waals surface area contributed by atoms with Gasteiger partial charge in [0.25, 0.3) is 0 Å². The van der Waals surface area contributed by atoms with E-state index in [1.165, 1.54) is 11.8 Å². The van der Waals surface area contributed by atoms with Crippen molar-refractivity contribution in [2.45, 2.75) is 33.4 Å². The average Bonchev–Trinajstić information content (AvgIpc) is 2.61. The quantitative estimate of drug-likeness (QED) is 0.747. The number of likely N-dealkylation sites (N-methyl/N-ethyl adjacent to an activating group) is 1. The molecule has 7 nitrogen and oxygen atoms in total. The SMILES string of the molecule is CC(=O)NC(C)C(=O)N(C)Cc1n[nH]c(C)n1. The van der Waals surface area contributed by atoms with Gasteiger partial charge in [-0.05, 0) is 13.8 Å². The maximum atomic E-state index is 11.8. The third-order valence-electron chi connectivity index (χ3n) is 2.19. The Kier molecular flexibility index (Phi) is 4.19. The van der Waals surface area contributed by atoms with E-state index in [1.54, 1.807) is 20.9 Å². The van der Waals surface area contributed by atoms with Crippen LogP contribution in [0, 0.1) is 6.92 Å². The van der Waals surface area contributed by atoms with Crippen molar-refractivity contribution in [3.05, 3.63) is 11.6 Å². The van der Waals surface area contributed by atoms with E-state index in [1.807, 2.05) is 0 Å². The molecule has 0 saturated heterocycles. The highest BCUT2D eigenvalue weighted by Gasteiger charge is 2.19. The van der Waals surface area contributed by atoms with Gasteiger partial charge in [0.15, 0.2) is 5.82 Å². The minimum Gasteiger partial charge on any atom is -0.345 e. The molecular formula is C10H17N5O2. The van der Waals surface area contributed by atoms with E-state index in [2.05, 4.69) is 20.5 Å². The first kappa shape index (κ1) is 13.1. The van der Waals surface area contributed by atoms with E-state index in [9.17, 15) is 9.59 Å². The molecule has 1 rings (SSSR count). The number of carbonyl (C=O) groups is 2. The normalized spacial score (nSPS) is 12.0. The van der Waals surface area contributed by atoms with Crippen LogP contribution in [-0.2, 0) is 16.1 Å². The van der Waals surface area contributed by atoms with Crippen LogP contribution in [0.1, 0.15) is 25.5 Å². The summed E-state index contributed by atoms with van der Waals surface area (Å²) < 4.78 is 0. The molecule has 17 heavy (non-hydrogen) atoms. The fraction of sp³-hybridized carbons (Fsp3) is 0.600. The Morgan fingerprint density at radius 2 is 2.18 bits per heavy atom. The largest absolute Gasteiger partial charge is 0.345 e. The van der Waals surface area contributed by atoms with Crippen molar-refractivity contribution in [2.75, 3.05) is 7.05 Å². The lowest BCUT2D eigenvalue weighted by Crippen LogP contribution is -2.44. The number of aromatic nitrogens is 3. The summed E-state index contributed by atoms with van der Waals surface area (Å²) in [6, 6.07) is -0.544. The lowest BCUT2D eigenvalue weighted by atomic mass is 10.3. The third kappa shape index (κ3) is 3.86. The van der Waals surface area contributed by atoms with Crippen molar-refractivity contribution < 1.29 is 9.59 Å². The third-order valence-corrected chi connectivity index (χ3v) is 2.19. The molecule has 1 atom stereocenters. The molecule has 94 valence electrons. The minimum atomic E-state index is -0.544. The zero-order chi connectivity index (χ0) is 13.0. The highest BCUT2D eigenvalue weighted by atomic mass is 16.2. The lowest BCUT2D eigenvalue weighted by molar-refractivity contribution is -0.135. The fourth-order valence-corrected chi connectivity index (χ4v) is 1.45. The van der Waals surface area contributed by atoms with Crippen LogP contribution < -0.4 is 5.32 Å². The number of rotatable bonds is 4. The number of nitrogens with zero attached hydrogens (tertiary/aromatic N) is 3. The van der Waals surface area contributed by atoms with Gasteiger partial charge in [-0.1, -0.05) is 0 Å². The lowest BCUT2D eigenvalue weighted by Gasteiger charge is -2.20. The molecule has 1 aromatic heterocycles. The van der Waals surface area contributed by atoms with Gasteiger partial charge in [-0.2, -0.15) is 5.10 Å². The van der Waals surface area contributed by atoms with Crippen molar-refractivity contribution in [2.24, 2.45) is 0 Å². The molecule has 1 aromatic rings. The fourth-order valence-electron chi connectivity index (χ4n) is 1.45. The number of amides is 2. The van der Waals surface area contributed by atoms with Crippen molar-refractivity contribution in [1.82, 2.24) is 25.4 Å². The summed E-state index contributed by atoms with van der Waals surface area (Å²) in [5, 5.41) is 9.18. The minimum absolute atomic E-state index is 0.178. The number of hydrogen-bond acceptors (Lipinski definition) is 4. The van der Waals surface area contributed by atoms with E-state index in [0.717, 1.165) is 0 Å². The molecule has 0 fully saturated rings. The molecule has 0 saturated carbocycles. The summed E-state index contributed by atoms with van der Waals surface area (Å²) in [7, 11) is 1.65. The Morgan fingerprint density at radius 3 is 2.65 bits per heavy atom. The Balaban J connectivity index is 2.55. The summed E-state index contributed by atoms with van der Waals surface area (Å²) in [5.41, 5.74) is 0. The summed E-state index contributed by atoms with van der Waals surface area (Å²) in [6.45, 7) is 5.12. The first-order valence-corrected chi connectivity index (χ1v) is 5.30. The highest BCUT2D eigenvalue weighted by Crippen LogP contribution is 1.99. The van der Waals surface area contributed by atoms with Crippen LogP contribution >= 0.6 is 0 Å². The molecule has 0 aliphatic rings. The molecule has 0 aliphatic carbocycles. The van der Waals surface area contributed by atoms with E-state index < -0.39 is 6.04 Å². The summed E-state index contributed by atoms with van der Waals surface area (Å²) >= 11 is 0. The van der Waals surface area contributed by atoms with Crippen LogP contribution in [0.5, 0.6) is 0 Å². The van der Waals surface area contributed by atoms with Gasteiger partial charge >= 0.3 is 0 Å². The van der Waals surface area contributed by atoms with E-state index in [-0.39, 0.29) is 11.8 Å². The molecule has 1 heterocycles. The molecule has 2 N–H and O–H groups in total. The van der Waals surface area contributed by atoms with Crippen LogP contribution in [0.2, 0.25) is 0 Å². The predicted octanol–water partition coefficient (Wildman–Crippen LogP) is -0.404. The molecule has 7 heteroatoms. The van der Waals surface area contributed by atoms with Gasteiger partial charge in [-0.3, -0.25) is 14.7 Å². The van der Waals surface area contributed by atoms with E-state index in [0.29, 0.717) is 18.2 Å². The van der Waals surface area contributed by atoms with Crippen LogP contribution in [0.15, 0.2) is 0 Å². The molecule has 0 aliphatic heterocycles. The topological polar surface area (TPSA) is 91.0 Å². The van der Waals surface area contributed by atoms with E-state index in [4.69, 9.17) is 0 Å². The Hall–Kier alpha value is -1.92. The number of H-pyrrole nitrogens is 1. The second-order valence-corrected chi connectivity index (χ2v) is 3.95. The van der Waals surface area contributed by atoms with Crippen molar-refractivity contribution in [1.29, 1.82) is 0 Å². The van der Waals surface area contributed by atoms with Crippen LogP contribution in [0.4, 0.5) is 0 Å². The summed E-state index contributed by atoms with van der Waals surface area (Å²) in [4.78, 5) is 28.2. The number of hydrogen-bond donors (Lipinski definition) is 2. The zero-order valence-electron chi connectivity index (χ0n) is 10.4. The van der Waals surface area contributed by atoms with Gasteiger partial charge in [0.2, 0.25) is 11.8 Å². The summed E-state index contributed by atoms with van der Waals surface area (Å²) in [5.74, 6) is 0.847. The van der Waals surface area contributed by atoms with Crippen LogP contribution in [0.3, 0.4) is 0 Å². The van der Waals surface area contributed by atoms with Crippen molar-refractivity contribution in [3.63, 3.8) is 0 Å². The van der Waals surface area contributed by atoms with Crippen LogP contribution in [0.25, 0.3) is 0 Å². The van der Waals surface area contributed by atoms with Gasteiger partial charge in [-0.25, -0.2) is 4.98 Å². The average molecular weight is 239 g/mol. The number of carbonyl (C=O) groups excluding carboxylic acids is 2. The van der Waals surface area contributed by atoms with Crippen molar-refractivity contribution in [3.8, 4) is 0 Å². The maximum absolute atomic E-state index is 11.8. The smallest absolute Gasteiger partial charge is 0.245 e. The molecule has 0 bridgehead atoms. The molecule has 2 amide bonds. The Morgan fingerprint density at radius 1 is 1.53 bits per heavy atom. The first-order valence-electron chi connectivity index (χ1n) is 5.30. The Labute approximate surface area is 99.6 Å². The zero-order valence-corrected chi connectivity index (χ0v) is 10.4. The van der Waals surface area contributed by atoms with Gasteiger partial charge in [0, 0.05) is 14.0 Å². The number of nitrogens with one attached hydrogen (secondary N) is 2. The molecule has 0 radical (unpaired) electrons. The first-order chi connectivity index (χ1) is 7.90. The van der Waals surface area contributed by atoms with Gasteiger partial charge in [-0.15, -0.1) is 0 Å². The number of aryl methyl sites for hydroxylation is 1. The van der Waals surface area contributed by atoms with E-state index >= 15 is 0 Å². The molecule has 0 aromatic carbocycles. The molecular weight excluding hydrogens is 222 g/mol. The van der Waals surface area contributed by atoms with Gasteiger partial charge < -0.3 is 10.2 Å². The van der Waals surface area contributed by atoms with Gasteiger partial charge in [0.05, 0.1) is 6.54 Å². The monoisotopic (exact) mass is 239 g/mol. The van der Waals surface area contributed by atoms with Crippen molar-refractivity contribution >= 4 is 11.8 Å². The van der Waals surface area contributed by atoms with Crippen LogP contribution in [-0.4, -0.2) is 45.0 Å². The number of aromatic amines is 1. The second kappa shape index (κ2) is 5.42. The molecule has 1 unspecified atom stereocenters. The maximum Gasteiger partial charge on any atom is 0.245 e. The van der Waals surface area contributed by atoms with Gasteiger partial charge in [0.1, 0.15) is 11.9 Å². The second-order valence-electron chi connectivity index (χ2n) is 3.95. The standard InChI is InChI=1S/C10H17N5O2/c1-6(11-8(3)16)10(17)15(4)5-9-12-7(2)13-14-9/h6H,5H2,1-4H3,(H,11,16)(H,12,13,14). The Bertz CT molecular complexity index is 415. The molecule has 0 spiro atoms. The summed E-state index contributed by atoms with van der Waals surface area (Å²) in [6.07, 6.45) is 0.